The predicted octanol–water partition coefficient (Wildman–Crippen LogP) is 6.65. The largest absolute Gasteiger partial charge is 0.483 e. The molecular weight excluding hydrogens is 380 g/mol. The molecule has 0 aromatic rings. The van der Waals surface area contributed by atoms with E-state index in [9.17, 15) is 9.13 Å². The number of unbranched alkanes of at least 4 members (excludes halogenated alkanes) is 4. The van der Waals surface area contributed by atoms with Gasteiger partial charge in [-0.3, -0.25) is 18.1 Å². The van der Waals surface area contributed by atoms with Crippen molar-refractivity contribution in [3.05, 3.63) is 0 Å². The Morgan fingerprint density at radius 2 is 0.769 bits per heavy atom. The number of phosphoric ester groups is 2. The van der Waals surface area contributed by atoms with Crippen LogP contribution in [0.5, 0.6) is 0 Å². The van der Waals surface area contributed by atoms with Crippen molar-refractivity contribution in [2.24, 2.45) is 0 Å². The lowest BCUT2D eigenvalue weighted by Gasteiger charge is -2.23. The van der Waals surface area contributed by atoms with E-state index in [1.54, 1.807) is 0 Å². The summed E-state index contributed by atoms with van der Waals surface area (Å²) < 4.78 is 52.1. The van der Waals surface area contributed by atoms with Crippen LogP contribution in [0.1, 0.15) is 79.1 Å². The molecule has 160 valence electrons. The Balaban J connectivity index is 0. The minimum absolute atomic E-state index is 0. The maximum atomic E-state index is 12.8. The summed E-state index contributed by atoms with van der Waals surface area (Å²) in [5, 5.41) is 0. The van der Waals surface area contributed by atoms with Crippen molar-refractivity contribution >= 4 is 15.6 Å². The zero-order chi connectivity index (χ0) is 19.0. The molecule has 0 atom stereocenters. The molecule has 0 unspecified atom stereocenters. The van der Waals surface area contributed by atoms with Gasteiger partial charge in [0.1, 0.15) is 0 Å². The zero-order valence-corrected chi connectivity index (χ0v) is 18.7. The van der Waals surface area contributed by atoms with E-state index in [1.807, 2.05) is 27.7 Å². The molecule has 0 aromatic carbocycles. The molecule has 0 rings (SSSR count). The van der Waals surface area contributed by atoms with Crippen LogP contribution in [0.4, 0.5) is 0 Å². The first-order valence-electron chi connectivity index (χ1n) is 9.44. The van der Waals surface area contributed by atoms with Gasteiger partial charge in [0.05, 0.1) is 26.4 Å². The van der Waals surface area contributed by atoms with Gasteiger partial charge in [-0.2, -0.15) is 4.31 Å². The smallest absolute Gasteiger partial charge is 0.344 e. The van der Waals surface area contributed by atoms with E-state index in [0.29, 0.717) is 25.7 Å². The highest BCUT2D eigenvalue weighted by Crippen LogP contribution is 2.66. The van der Waals surface area contributed by atoms with Gasteiger partial charge in [-0.05, 0) is 25.7 Å². The van der Waals surface area contributed by atoms with E-state index in [2.05, 4.69) is 0 Å². The highest BCUT2D eigenvalue weighted by molar-refractivity contribution is 7.62. The molecule has 0 radical (unpaired) electrons. The van der Waals surface area contributed by atoms with E-state index in [-0.39, 0.29) is 32.6 Å². The number of rotatable bonds is 18. The summed E-state index contributed by atoms with van der Waals surface area (Å²) >= 11 is 0. The monoisotopic (exact) mass is 419 g/mol. The molecule has 0 aromatic heterocycles. The molecule has 0 bridgehead atoms. The Morgan fingerprint density at radius 3 is 0.962 bits per heavy atom. The molecule has 3 N–H and O–H groups in total. The van der Waals surface area contributed by atoms with Crippen molar-refractivity contribution in [1.29, 1.82) is 0 Å². The van der Waals surface area contributed by atoms with Gasteiger partial charge in [-0.25, -0.2) is 9.13 Å². The molecule has 0 fully saturated rings. The first-order chi connectivity index (χ1) is 11.9. The summed E-state index contributed by atoms with van der Waals surface area (Å²) in [7, 11) is -8.02. The van der Waals surface area contributed by atoms with Gasteiger partial charge in [0.15, 0.2) is 0 Å². The van der Waals surface area contributed by atoms with Gasteiger partial charge in [-0.1, -0.05) is 53.4 Å². The zero-order valence-electron chi connectivity index (χ0n) is 16.9. The second-order valence-electron chi connectivity index (χ2n) is 5.72. The molecule has 0 spiro atoms. The normalized spacial score (nSPS) is 12.2. The average molecular weight is 419 g/mol. The van der Waals surface area contributed by atoms with Crippen LogP contribution < -0.4 is 6.15 Å². The van der Waals surface area contributed by atoms with Crippen molar-refractivity contribution < 1.29 is 31.5 Å². The van der Waals surface area contributed by atoms with Gasteiger partial charge >= 0.3 is 15.6 Å². The van der Waals surface area contributed by atoms with Crippen molar-refractivity contribution in [3.8, 4) is 0 Å². The lowest BCUT2D eigenvalue weighted by molar-refractivity contribution is 0.106. The Bertz CT molecular complexity index is 346. The lowest BCUT2D eigenvalue weighted by Crippen LogP contribution is -2.06. The molecule has 0 heterocycles. The maximum absolute atomic E-state index is 12.8. The minimum atomic E-state index is -4.01. The maximum Gasteiger partial charge on any atom is 0.483 e. The average Bonchev–Trinajstić information content (AvgIpc) is 2.56. The quantitative estimate of drug-likeness (QED) is 0.194. The standard InChI is InChI=1S/C16H36O7P2.H3N/c1-5-9-13-19-24(17,20-14-10-6-2)23-25(18,21-15-11-7-3)22-16-12-8-4;/h5-16H2,1-4H3;1H3. The van der Waals surface area contributed by atoms with Crippen molar-refractivity contribution in [2.75, 3.05) is 26.4 Å². The summed E-state index contributed by atoms with van der Waals surface area (Å²) in [4.78, 5) is 0. The summed E-state index contributed by atoms with van der Waals surface area (Å²) in [5.74, 6) is 0. The Labute approximate surface area is 159 Å². The highest BCUT2D eigenvalue weighted by atomic mass is 31.3. The number of phosphoric acid groups is 2. The third-order valence-corrected chi connectivity index (χ3v) is 6.78. The van der Waals surface area contributed by atoms with Crippen LogP contribution >= 0.6 is 15.6 Å². The van der Waals surface area contributed by atoms with Gasteiger partial charge < -0.3 is 6.15 Å². The fraction of sp³-hybridized carbons (Fsp3) is 1.00. The van der Waals surface area contributed by atoms with Crippen LogP contribution in [0, 0.1) is 0 Å². The topological polar surface area (TPSA) is 115 Å². The fourth-order valence-electron chi connectivity index (χ4n) is 1.57. The van der Waals surface area contributed by atoms with Gasteiger partial charge in [-0.15, -0.1) is 0 Å². The first kappa shape index (κ1) is 28.4. The Hall–Kier alpha value is 0.220. The molecule has 10 heteroatoms. The molecule has 26 heavy (non-hydrogen) atoms. The number of hydrogen-bond donors (Lipinski definition) is 1. The molecule has 0 amide bonds. The van der Waals surface area contributed by atoms with E-state index in [0.717, 1.165) is 25.7 Å². The van der Waals surface area contributed by atoms with E-state index < -0.39 is 15.6 Å². The van der Waals surface area contributed by atoms with Crippen molar-refractivity contribution in [1.82, 2.24) is 6.15 Å². The molecule has 8 nitrogen and oxygen atoms in total. The van der Waals surface area contributed by atoms with Gasteiger partial charge in [0.2, 0.25) is 0 Å². The van der Waals surface area contributed by atoms with Crippen molar-refractivity contribution in [2.45, 2.75) is 79.1 Å². The summed E-state index contributed by atoms with van der Waals surface area (Å²) in [6.45, 7) is 8.74. The first-order valence-corrected chi connectivity index (χ1v) is 12.4. The Kier molecular flexibility index (Phi) is 18.9. The van der Waals surface area contributed by atoms with Crippen LogP contribution in [0.2, 0.25) is 0 Å². The SMILES string of the molecule is CCCCOP(=O)(OCCCC)OP(=O)(OCCCC)OCCCC.N. The molecule has 0 saturated carbocycles. The molecule has 0 aliphatic carbocycles. The van der Waals surface area contributed by atoms with Crippen LogP contribution in [0.25, 0.3) is 0 Å². The summed E-state index contributed by atoms with van der Waals surface area (Å²) in [5.41, 5.74) is 0. The number of hydrogen-bond acceptors (Lipinski definition) is 8. The van der Waals surface area contributed by atoms with Crippen LogP contribution in [0.3, 0.4) is 0 Å². The highest BCUT2D eigenvalue weighted by Gasteiger charge is 2.40. The van der Waals surface area contributed by atoms with Gasteiger partial charge in [0.25, 0.3) is 0 Å². The summed E-state index contributed by atoms with van der Waals surface area (Å²) in [6, 6.07) is 0. The van der Waals surface area contributed by atoms with Crippen LogP contribution in [-0.4, -0.2) is 26.4 Å². The minimum Gasteiger partial charge on any atom is -0.344 e. The Morgan fingerprint density at radius 1 is 0.538 bits per heavy atom. The van der Waals surface area contributed by atoms with E-state index in [1.165, 1.54) is 0 Å². The second-order valence-corrected chi connectivity index (χ2v) is 9.20. The predicted molar refractivity (Wildman–Crippen MR) is 105 cm³/mol. The van der Waals surface area contributed by atoms with Crippen molar-refractivity contribution in [3.63, 3.8) is 0 Å². The fourth-order valence-corrected chi connectivity index (χ4v) is 4.87. The molecule has 0 aliphatic heterocycles. The van der Waals surface area contributed by atoms with Gasteiger partial charge in [0, 0.05) is 0 Å². The van der Waals surface area contributed by atoms with Crippen LogP contribution in [0.15, 0.2) is 0 Å². The second kappa shape index (κ2) is 17.3. The third kappa shape index (κ3) is 14.3. The lowest BCUT2D eigenvalue weighted by atomic mass is 10.4. The van der Waals surface area contributed by atoms with Crippen LogP contribution in [-0.2, 0) is 31.5 Å². The summed E-state index contributed by atoms with van der Waals surface area (Å²) in [6.07, 6.45) is 6.26. The molecule has 0 aliphatic rings. The van der Waals surface area contributed by atoms with E-state index in [4.69, 9.17) is 22.4 Å². The third-order valence-electron chi connectivity index (χ3n) is 3.19. The molecule has 0 saturated heterocycles. The molecular formula is C16H39NO7P2. The van der Waals surface area contributed by atoms with E-state index >= 15 is 0 Å².